The summed E-state index contributed by atoms with van der Waals surface area (Å²) >= 11 is 3.33. The van der Waals surface area contributed by atoms with Crippen LogP contribution in [0.3, 0.4) is 0 Å². The molecule has 21 heavy (non-hydrogen) atoms. The molecule has 114 valence electrons. The maximum absolute atomic E-state index is 12.1. The zero-order chi connectivity index (χ0) is 15.5. The molecule has 2 N–H and O–H groups in total. The average Bonchev–Trinajstić information content (AvgIpc) is 2.93. The number of benzene rings is 1. The van der Waals surface area contributed by atoms with Crippen LogP contribution in [0, 0.1) is 0 Å². The summed E-state index contributed by atoms with van der Waals surface area (Å²) in [5, 5.41) is 13.6. The third-order valence-corrected chi connectivity index (χ3v) is 4.62. The maximum Gasteiger partial charge on any atom is 0.235 e. The molecule has 1 atom stereocenters. The van der Waals surface area contributed by atoms with Gasteiger partial charge >= 0.3 is 0 Å². The number of sulfonamides is 1. The summed E-state index contributed by atoms with van der Waals surface area (Å²) < 4.78 is 32.5. The van der Waals surface area contributed by atoms with Crippen LogP contribution in [0.5, 0.6) is 0 Å². The van der Waals surface area contributed by atoms with Crippen LogP contribution < -0.4 is 4.72 Å². The molecule has 2 aromatic rings. The van der Waals surface area contributed by atoms with Gasteiger partial charge in [0.05, 0.1) is 17.5 Å². The number of hydrogen-bond acceptors (Lipinski definition) is 6. The zero-order valence-corrected chi connectivity index (χ0v) is 13.8. The second-order valence-corrected chi connectivity index (χ2v) is 7.04. The molecule has 0 spiro atoms. The number of hydrogen-bond donors (Lipinski definition) is 2. The summed E-state index contributed by atoms with van der Waals surface area (Å²) in [5.74, 6) is 0.152. The average molecular weight is 376 g/mol. The minimum Gasteiger partial charge on any atom is -0.381 e. The van der Waals surface area contributed by atoms with Crippen LogP contribution >= 0.6 is 15.9 Å². The standard InChI is InChI=1S/C11H14BrN5O3S/c1-7(20-2)6-21(18,19)15-10-4-3-8(12)5-9(10)11-13-16-17-14-11/h3-5,7,15H,6H2,1-2H3,(H,13,14,16,17). The van der Waals surface area contributed by atoms with Crippen molar-refractivity contribution in [1.82, 2.24) is 20.6 Å². The molecule has 2 rings (SSSR count). The van der Waals surface area contributed by atoms with Gasteiger partial charge in [-0.2, -0.15) is 5.21 Å². The quantitative estimate of drug-likeness (QED) is 0.789. The van der Waals surface area contributed by atoms with E-state index in [1.165, 1.54) is 7.11 Å². The van der Waals surface area contributed by atoms with E-state index < -0.39 is 16.1 Å². The van der Waals surface area contributed by atoms with Crippen molar-refractivity contribution in [3.05, 3.63) is 22.7 Å². The number of aromatic nitrogens is 4. The van der Waals surface area contributed by atoms with Gasteiger partial charge in [0.15, 0.2) is 0 Å². The zero-order valence-electron chi connectivity index (χ0n) is 11.4. The Hall–Kier alpha value is -1.52. The van der Waals surface area contributed by atoms with Crippen molar-refractivity contribution in [3.8, 4) is 11.4 Å². The molecule has 10 heteroatoms. The highest BCUT2D eigenvalue weighted by Crippen LogP contribution is 2.29. The lowest BCUT2D eigenvalue weighted by atomic mass is 10.2. The molecule has 0 fully saturated rings. The molecule has 0 bridgehead atoms. The topological polar surface area (TPSA) is 110 Å². The fraction of sp³-hybridized carbons (Fsp3) is 0.364. The molecule has 0 saturated carbocycles. The minimum atomic E-state index is -3.55. The highest BCUT2D eigenvalue weighted by molar-refractivity contribution is 9.10. The molecule has 8 nitrogen and oxygen atoms in total. The van der Waals surface area contributed by atoms with Crippen molar-refractivity contribution < 1.29 is 13.2 Å². The second-order valence-electron chi connectivity index (χ2n) is 4.36. The first-order valence-electron chi connectivity index (χ1n) is 5.98. The molecular weight excluding hydrogens is 362 g/mol. The van der Waals surface area contributed by atoms with Crippen molar-refractivity contribution in [1.29, 1.82) is 0 Å². The third kappa shape index (κ3) is 4.22. The summed E-state index contributed by atoms with van der Waals surface area (Å²) in [5.41, 5.74) is 0.898. The van der Waals surface area contributed by atoms with Gasteiger partial charge in [-0.25, -0.2) is 8.42 Å². The Balaban J connectivity index is 2.33. The van der Waals surface area contributed by atoms with E-state index in [0.29, 0.717) is 17.1 Å². The van der Waals surface area contributed by atoms with Crippen molar-refractivity contribution in [3.63, 3.8) is 0 Å². The molecule has 0 radical (unpaired) electrons. The van der Waals surface area contributed by atoms with E-state index in [1.54, 1.807) is 25.1 Å². The highest BCUT2D eigenvalue weighted by Gasteiger charge is 2.19. The van der Waals surface area contributed by atoms with Gasteiger partial charge in [0, 0.05) is 17.1 Å². The number of tetrazole rings is 1. The van der Waals surface area contributed by atoms with Gasteiger partial charge in [-0.1, -0.05) is 15.9 Å². The largest absolute Gasteiger partial charge is 0.381 e. The predicted octanol–water partition coefficient (Wildman–Crippen LogP) is 1.41. The fourth-order valence-corrected chi connectivity index (χ4v) is 3.36. The number of rotatable bonds is 6. The predicted molar refractivity (Wildman–Crippen MR) is 81.2 cm³/mol. The monoisotopic (exact) mass is 375 g/mol. The lowest BCUT2D eigenvalue weighted by Gasteiger charge is -2.14. The number of H-pyrrole nitrogens is 1. The Bertz CT molecular complexity index is 705. The first kappa shape index (κ1) is 15.9. The number of methoxy groups -OCH3 is 1. The van der Waals surface area contributed by atoms with E-state index >= 15 is 0 Å². The van der Waals surface area contributed by atoms with E-state index in [0.717, 1.165) is 4.47 Å². The summed E-state index contributed by atoms with van der Waals surface area (Å²) in [7, 11) is -2.09. The van der Waals surface area contributed by atoms with Gasteiger partial charge in [0.25, 0.3) is 0 Å². The smallest absolute Gasteiger partial charge is 0.235 e. The summed E-state index contributed by atoms with van der Waals surface area (Å²) in [6.07, 6.45) is -0.411. The van der Waals surface area contributed by atoms with E-state index in [4.69, 9.17) is 4.74 Å². The van der Waals surface area contributed by atoms with Crippen LogP contribution in [0.4, 0.5) is 5.69 Å². The maximum atomic E-state index is 12.1. The van der Waals surface area contributed by atoms with Crippen LogP contribution in [0.25, 0.3) is 11.4 Å². The Labute approximate surface area is 130 Å². The van der Waals surface area contributed by atoms with Crippen molar-refractivity contribution in [2.45, 2.75) is 13.0 Å². The molecule has 0 amide bonds. The summed E-state index contributed by atoms with van der Waals surface area (Å²) in [4.78, 5) is 0. The molecule has 0 aliphatic heterocycles. The normalized spacial score (nSPS) is 13.1. The van der Waals surface area contributed by atoms with Gasteiger partial charge in [-0.15, -0.1) is 10.2 Å². The molecule has 0 saturated heterocycles. The SMILES string of the molecule is COC(C)CS(=O)(=O)Nc1ccc(Br)cc1-c1nn[nH]n1. The summed E-state index contributed by atoms with van der Waals surface area (Å²) in [6.45, 7) is 1.68. The third-order valence-electron chi connectivity index (χ3n) is 2.69. The highest BCUT2D eigenvalue weighted by atomic mass is 79.9. The molecule has 1 aromatic carbocycles. The van der Waals surface area contributed by atoms with Gasteiger partial charge in [0.2, 0.25) is 15.8 Å². The van der Waals surface area contributed by atoms with Crippen LogP contribution in [0.15, 0.2) is 22.7 Å². The van der Waals surface area contributed by atoms with Gasteiger partial charge in [-0.05, 0) is 30.3 Å². The number of nitrogens with one attached hydrogen (secondary N) is 2. The lowest BCUT2D eigenvalue weighted by Crippen LogP contribution is -2.25. The first-order valence-corrected chi connectivity index (χ1v) is 8.42. The first-order chi connectivity index (χ1) is 9.91. The molecule has 1 heterocycles. The van der Waals surface area contributed by atoms with E-state index in [1.807, 2.05) is 0 Å². The number of halogens is 1. The number of anilines is 1. The summed E-state index contributed by atoms with van der Waals surface area (Å²) in [6, 6.07) is 5.06. The Morgan fingerprint density at radius 2 is 2.24 bits per heavy atom. The van der Waals surface area contributed by atoms with Crippen molar-refractivity contribution in [2.24, 2.45) is 0 Å². The molecular formula is C11H14BrN5O3S. The van der Waals surface area contributed by atoms with Crippen LogP contribution in [0.2, 0.25) is 0 Å². The van der Waals surface area contributed by atoms with Crippen molar-refractivity contribution in [2.75, 3.05) is 17.6 Å². The molecule has 0 aliphatic rings. The Morgan fingerprint density at radius 3 is 2.86 bits per heavy atom. The van der Waals surface area contributed by atoms with Crippen LogP contribution in [-0.2, 0) is 14.8 Å². The van der Waals surface area contributed by atoms with Crippen LogP contribution in [0.1, 0.15) is 6.92 Å². The van der Waals surface area contributed by atoms with Gasteiger partial charge < -0.3 is 4.74 Å². The number of aromatic amines is 1. The lowest BCUT2D eigenvalue weighted by molar-refractivity contribution is 0.136. The Kier molecular flexibility index (Phi) is 4.91. The number of ether oxygens (including phenoxy) is 1. The van der Waals surface area contributed by atoms with E-state index in [-0.39, 0.29) is 5.75 Å². The van der Waals surface area contributed by atoms with Crippen LogP contribution in [-0.4, -0.2) is 48.0 Å². The molecule has 1 aromatic heterocycles. The molecule has 1 unspecified atom stereocenters. The minimum absolute atomic E-state index is 0.148. The number of nitrogens with zero attached hydrogens (tertiary/aromatic N) is 3. The Morgan fingerprint density at radius 1 is 1.48 bits per heavy atom. The van der Waals surface area contributed by atoms with E-state index in [2.05, 4.69) is 41.3 Å². The van der Waals surface area contributed by atoms with Crippen molar-refractivity contribution >= 4 is 31.6 Å². The fourth-order valence-electron chi connectivity index (χ4n) is 1.65. The van der Waals surface area contributed by atoms with Gasteiger partial charge in [0.1, 0.15) is 0 Å². The van der Waals surface area contributed by atoms with Gasteiger partial charge in [-0.3, -0.25) is 4.72 Å². The second kappa shape index (κ2) is 6.50. The molecule has 0 aliphatic carbocycles. The van der Waals surface area contributed by atoms with E-state index in [9.17, 15) is 8.42 Å².